The van der Waals surface area contributed by atoms with Gasteiger partial charge in [-0.05, 0) is 55.1 Å². The van der Waals surface area contributed by atoms with Gasteiger partial charge in [-0.3, -0.25) is 4.79 Å². The number of nitrogens with zero attached hydrogens (tertiary/aromatic N) is 3. The summed E-state index contributed by atoms with van der Waals surface area (Å²) < 4.78 is 13.4. The number of hydrogen-bond donors (Lipinski definition) is 3. The first-order valence-corrected chi connectivity index (χ1v) is 15.4. The van der Waals surface area contributed by atoms with E-state index >= 15 is 0 Å². The molecule has 3 aromatic carbocycles. The zero-order valence-corrected chi connectivity index (χ0v) is 25.4. The number of H-pyrrole nitrogens is 1. The number of carbonyl (C=O) groups excluding carboxylic acids is 1. The number of ether oxygens (including phenoxy) is 2. The molecule has 0 bridgehead atoms. The van der Waals surface area contributed by atoms with Gasteiger partial charge in [0.25, 0.3) is 0 Å². The minimum atomic E-state index is -0.396. The smallest absolute Gasteiger partial charge is 0.237 e. The molecule has 1 amide bonds. The zero-order valence-electron chi connectivity index (χ0n) is 25.4. The van der Waals surface area contributed by atoms with Crippen molar-refractivity contribution in [3.63, 3.8) is 0 Å². The van der Waals surface area contributed by atoms with E-state index in [2.05, 4.69) is 56.6 Å². The summed E-state index contributed by atoms with van der Waals surface area (Å²) in [6.07, 6.45) is 7.08. The number of aromatic amines is 1. The van der Waals surface area contributed by atoms with E-state index in [-0.39, 0.29) is 11.9 Å². The predicted octanol–water partition coefficient (Wildman–Crippen LogP) is 5.15. The van der Waals surface area contributed by atoms with Gasteiger partial charge < -0.3 is 29.7 Å². The fourth-order valence-electron chi connectivity index (χ4n) is 6.09. The number of fused-ring (bicyclic) bond motifs is 1. The Morgan fingerprint density at radius 3 is 2.61 bits per heavy atom. The monoisotopic (exact) mass is 592 g/mol. The molecule has 0 saturated carbocycles. The number of nitrogens with one attached hydrogen (secondary N) is 3. The summed E-state index contributed by atoms with van der Waals surface area (Å²) in [5.41, 5.74) is 4.39. The molecule has 6 rings (SSSR count). The van der Waals surface area contributed by atoms with E-state index in [0.29, 0.717) is 19.4 Å². The molecule has 3 heterocycles. The third-order valence-corrected chi connectivity index (χ3v) is 8.51. The second-order valence-corrected chi connectivity index (χ2v) is 11.4. The predicted molar refractivity (Wildman–Crippen MR) is 171 cm³/mol. The lowest BCUT2D eigenvalue weighted by molar-refractivity contribution is -0.124. The van der Waals surface area contributed by atoms with Crippen LogP contribution < -0.4 is 20.1 Å². The van der Waals surface area contributed by atoms with E-state index in [4.69, 9.17) is 19.7 Å². The van der Waals surface area contributed by atoms with Gasteiger partial charge in [-0.15, -0.1) is 10.2 Å². The van der Waals surface area contributed by atoms with Crippen molar-refractivity contribution in [1.82, 2.24) is 30.4 Å². The molecule has 1 fully saturated rings. The van der Waals surface area contributed by atoms with Crippen LogP contribution in [-0.2, 0) is 30.6 Å². The van der Waals surface area contributed by atoms with Crippen LogP contribution in [0.5, 0.6) is 11.5 Å². The third-order valence-electron chi connectivity index (χ3n) is 8.51. The van der Waals surface area contributed by atoms with Gasteiger partial charge in [0.05, 0.1) is 32.8 Å². The number of hydrogen-bond acceptors (Lipinski definition) is 6. The van der Waals surface area contributed by atoms with Gasteiger partial charge in [0.15, 0.2) is 5.82 Å². The molecular weight excluding hydrogens is 552 g/mol. The first kappa shape index (κ1) is 29.4. The maximum absolute atomic E-state index is 13.7. The number of para-hydroxylation sites is 1. The molecule has 0 unspecified atom stereocenters. The lowest BCUT2D eigenvalue weighted by atomic mass is 10.0. The number of rotatable bonds is 12. The number of aryl methyl sites for hydroxylation is 2. The summed E-state index contributed by atoms with van der Waals surface area (Å²) in [6.45, 7) is 1.34. The number of benzene rings is 3. The molecule has 3 N–H and O–H groups in total. The Bertz CT molecular complexity index is 1690. The fraction of sp³-hybridized carbons (Fsp3) is 0.343. The second kappa shape index (κ2) is 13.8. The normalized spacial score (nSPS) is 15.6. The van der Waals surface area contributed by atoms with E-state index < -0.39 is 6.04 Å². The van der Waals surface area contributed by atoms with Crippen molar-refractivity contribution in [2.75, 3.05) is 20.8 Å². The molecule has 2 atom stereocenters. The SMILES string of the molecule is COc1ccc(Cn2c(CCc3ccccc3)nnc2[C@@H](Cc2c[nH]c3ccccc23)NC(=O)[C@H]2CCCCN2)c(OC)c1. The average Bonchev–Trinajstić information content (AvgIpc) is 3.68. The zero-order chi connectivity index (χ0) is 30.3. The average molecular weight is 593 g/mol. The highest BCUT2D eigenvalue weighted by molar-refractivity contribution is 5.84. The number of amides is 1. The van der Waals surface area contributed by atoms with E-state index in [1.165, 1.54) is 5.56 Å². The summed E-state index contributed by atoms with van der Waals surface area (Å²) in [4.78, 5) is 17.0. The van der Waals surface area contributed by atoms with Crippen LogP contribution >= 0.6 is 0 Å². The highest BCUT2D eigenvalue weighted by Gasteiger charge is 2.29. The number of aromatic nitrogens is 4. The van der Waals surface area contributed by atoms with Gasteiger partial charge in [-0.25, -0.2) is 0 Å². The van der Waals surface area contributed by atoms with Gasteiger partial charge in [0.2, 0.25) is 5.91 Å². The van der Waals surface area contributed by atoms with Gasteiger partial charge in [0.1, 0.15) is 17.3 Å². The Hall–Kier alpha value is -4.63. The Balaban J connectivity index is 1.39. The molecule has 5 aromatic rings. The van der Waals surface area contributed by atoms with Crippen molar-refractivity contribution in [3.8, 4) is 11.5 Å². The molecule has 2 aromatic heterocycles. The summed E-state index contributed by atoms with van der Waals surface area (Å²) in [5.74, 6) is 3.03. The summed E-state index contributed by atoms with van der Waals surface area (Å²) in [7, 11) is 3.31. The van der Waals surface area contributed by atoms with Crippen LogP contribution in [0.25, 0.3) is 10.9 Å². The van der Waals surface area contributed by atoms with Gasteiger partial charge in [0, 0.05) is 41.6 Å². The van der Waals surface area contributed by atoms with Crippen molar-refractivity contribution in [1.29, 1.82) is 0 Å². The summed E-state index contributed by atoms with van der Waals surface area (Å²) in [6, 6.07) is 23.9. The van der Waals surface area contributed by atoms with Gasteiger partial charge in [-0.2, -0.15) is 0 Å². The topological polar surface area (TPSA) is 106 Å². The first-order chi connectivity index (χ1) is 21.6. The van der Waals surface area contributed by atoms with Crippen molar-refractivity contribution < 1.29 is 14.3 Å². The van der Waals surface area contributed by atoms with E-state index in [9.17, 15) is 4.79 Å². The van der Waals surface area contributed by atoms with E-state index in [1.807, 2.05) is 42.6 Å². The van der Waals surface area contributed by atoms with E-state index in [1.54, 1.807) is 14.2 Å². The summed E-state index contributed by atoms with van der Waals surface area (Å²) in [5, 5.41) is 17.4. The number of methoxy groups -OCH3 is 2. The number of carbonyl (C=O) groups is 1. The van der Waals surface area contributed by atoms with Crippen LogP contribution in [0.2, 0.25) is 0 Å². The molecule has 0 radical (unpaired) electrons. The lowest BCUT2D eigenvalue weighted by Crippen LogP contribution is -2.48. The van der Waals surface area contributed by atoms with Crippen LogP contribution in [0.4, 0.5) is 0 Å². The number of piperidine rings is 1. The molecule has 9 nitrogen and oxygen atoms in total. The minimum Gasteiger partial charge on any atom is -0.497 e. The molecule has 1 saturated heterocycles. The maximum atomic E-state index is 13.7. The third kappa shape index (κ3) is 6.63. The Kier molecular flexibility index (Phi) is 9.22. The first-order valence-electron chi connectivity index (χ1n) is 15.4. The molecule has 1 aliphatic heterocycles. The molecule has 1 aliphatic rings. The van der Waals surface area contributed by atoms with E-state index in [0.717, 1.165) is 77.4 Å². The van der Waals surface area contributed by atoms with Crippen LogP contribution in [0, 0.1) is 0 Å². The van der Waals surface area contributed by atoms with Crippen LogP contribution in [0.15, 0.2) is 79.0 Å². The standard InChI is InChI=1S/C35H40N6O3/c1-43-27-17-16-25(32(21-27)44-2)23-41-33(18-15-24-10-4-3-5-11-24)39-40-34(41)31(38-35(42)30-14-8-9-19-36-30)20-26-22-37-29-13-7-6-12-28(26)29/h3-7,10-13,16-17,21-22,30-31,36-37H,8-9,14-15,18-20,23H2,1-2H3,(H,38,42)/t30-,31-/m1/s1. The second-order valence-electron chi connectivity index (χ2n) is 11.4. The fourth-order valence-corrected chi connectivity index (χ4v) is 6.09. The van der Waals surface area contributed by atoms with Crippen LogP contribution in [-0.4, -0.2) is 52.5 Å². The van der Waals surface area contributed by atoms with Gasteiger partial charge >= 0.3 is 0 Å². The quantitative estimate of drug-likeness (QED) is 0.185. The molecule has 228 valence electrons. The Labute approximate surface area is 258 Å². The Morgan fingerprint density at radius 2 is 1.82 bits per heavy atom. The molecule has 0 spiro atoms. The van der Waals surface area contributed by atoms with Crippen molar-refractivity contribution in [2.45, 2.75) is 57.2 Å². The van der Waals surface area contributed by atoms with Gasteiger partial charge in [-0.1, -0.05) is 55.0 Å². The summed E-state index contributed by atoms with van der Waals surface area (Å²) >= 11 is 0. The molecule has 0 aliphatic carbocycles. The minimum absolute atomic E-state index is 0.00282. The lowest BCUT2D eigenvalue weighted by Gasteiger charge is -2.26. The van der Waals surface area contributed by atoms with Crippen LogP contribution in [0.1, 0.15) is 53.6 Å². The Morgan fingerprint density at radius 1 is 0.977 bits per heavy atom. The molecule has 44 heavy (non-hydrogen) atoms. The molecule has 9 heteroatoms. The van der Waals surface area contributed by atoms with Crippen molar-refractivity contribution >= 4 is 16.8 Å². The van der Waals surface area contributed by atoms with Crippen LogP contribution in [0.3, 0.4) is 0 Å². The highest BCUT2D eigenvalue weighted by atomic mass is 16.5. The highest BCUT2D eigenvalue weighted by Crippen LogP contribution is 2.29. The molecular formula is C35H40N6O3. The van der Waals surface area contributed by atoms with Crippen molar-refractivity contribution in [3.05, 3.63) is 107 Å². The maximum Gasteiger partial charge on any atom is 0.237 e. The largest absolute Gasteiger partial charge is 0.497 e. The van der Waals surface area contributed by atoms with Crippen molar-refractivity contribution in [2.24, 2.45) is 0 Å².